The van der Waals surface area contributed by atoms with Crippen molar-refractivity contribution in [1.29, 1.82) is 0 Å². The number of benzene rings is 1. The lowest BCUT2D eigenvalue weighted by Crippen LogP contribution is -2.24. The molecule has 0 saturated heterocycles. The van der Waals surface area contributed by atoms with E-state index in [9.17, 15) is 17.2 Å². The Labute approximate surface area is 124 Å². The molecule has 21 heavy (non-hydrogen) atoms. The average Bonchev–Trinajstić information content (AvgIpc) is 2.82. The predicted molar refractivity (Wildman–Crippen MR) is 73.2 cm³/mol. The fraction of sp³-hybridized carbons (Fsp3) is 0.250. The molecule has 0 aliphatic carbocycles. The first kappa shape index (κ1) is 16.0. The standard InChI is InChI=1S/C12H12F2N2O3S2/c1-7-10(20-6-15-7)4-16-21(18,19)11-3-2-9(13)8(5-17)12(11)14/h2-3,6,16-17H,4-5H2,1H3. The molecule has 1 aromatic heterocycles. The molecule has 2 rings (SSSR count). The van der Waals surface area contributed by atoms with Crippen molar-refractivity contribution < 1.29 is 22.3 Å². The monoisotopic (exact) mass is 334 g/mol. The van der Waals surface area contributed by atoms with Gasteiger partial charge in [0, 0.05) is 11.4 Å². The minimum absolute atomic E-state index is 0.0376. The first-order valence-corrected chi connectivity index (χ1v) is 8.19. The van der Waals surface area contributed by atoms with E-state index in [0.29, 0.717) is 10.6 Å². The molecule has 2 N–H and O–H groups in total. The second-order valence-corrected chi connectivity index (χ2v) is 6.86. The minimum atomic E-state index is -4.16. The summed E-state index contributed by atoms with van der Waals surface area (Å²) in [5.74, 6) is -2.28. The van der Waals surface area contributed by atoms with Crippen LogP contribution in [0.3, 0.4) is 0 Å². The highest BCUT2D eigenvalue weighted by Gasteiger charge is 2.23. The second-order valence-electron chi connectivity index (χ2n) is 4.18. The van der Waals surface area contributed by atoms with Crippen LogP contribution in [-0.4, -0.2) is 18.5 Å². The van der Waals surface area contributed by atoms with E-state index in [1.807, 2.05) is 0 Å². The van der Waals surface area contributed by atoms with Crippen molar-refractivity contribution in [3.8, 4) is 0 Å². The first-order valence-electron chi connectivity index (χ1n) is 5.83. The third-order valence-corrected chi connectivity index (χ3v) is 5.22. The zero-order valence-electron chi connectivity index (χ0n) is 10.9. The van der Waals surface area contributed by atoms with Crippen LogP contribution >= 0.6 is 11.3 Å². The minimum Gasteiger partial charge on any atom is -0.391 e. The van der Waals surface area contributed by atoms with Gasteiger partial charge in [-0.15, -0.1) is 11.3 Å². The number of aliphatic hydroxyl groups excluding tert-OH is 1. The highest BCUT2D eigenvalue weighted by molar-refractivity contribution is 7.89. The number of aliphatic hydroxyl groups is 1. The Hall–Kier alpha value is -1.42. The molecule has 0 fully saturated rings. The summed E-state index contributed by atoms with van der Waals surface area (Å²) in [4.78, 5) is 3.97. The summed E-state index contributed by atoms with van der Waals surface area (Å²) >= 11 is 1.27. The van der Waals surface area contributed by atoms with Crippen LogP contribution < -0.4 is 4.72 Å². The quantitative estimate of drug-likeness (QED) is 0.872. The largest absolute Gasteiger partial charge is 0.391 e. The number of aryl methyl sites for hydroxylation is 1. The molecular formula is C12H12F2N2O3S2. The van der Waals surface area contributed by atoms with E-state index >= 15 is 0 Å². The summed E-state index contributed by atoms with van der Waals surface area (Å²) in [7, 11) is -4.16. The van der Waals surface area contributed by atoms with E-state index in [4.69, 9.17) is 5.11 Å². The van der Waals surface area contributed by atoms with Gasteiger partial charge in [0.05, 0.1) is 23.4 Å². The number of hydrogen-bond donors (Lipinski definition) is 2. The number of sulfonamides is 1. The van der Waals surface area contributed by atoms with Gasteiger partial charge in [0.2, 0.25) is 10.0 Å². The van der Waals surface area contributed by atoms with E-state index < -0.39 is 38.7 Å². The highest BCUT2D eigenvalue weighted by atomic mass is 32.2. The summed E-state index contributed by atoms with van der Waals surface area (Å²) in [6, 6.07) is 1.63. The number of halogens is 2. The second kappa shape index (κ2) is 6.14. The molecule has 0 aliphatic heterocycles. The zero-order chi connectivity index (χ0) is 15.6. The molecule has 0 aliphatic rings. The molecule has 5 nitrogen and oxygen atoms in total. The Balaban J connectivity index is 2.30. The van der Waals surface area contributed by atoms with E-state index in [0.717, 1.165) is 12.1 Å². The van der Waals surface area contributed by atoms with Crippen molar-refractivity contribution in [2.45, 2.75) is 25.0 Å². The fourth-order valence-corrected chi connectivity index (χ4v) is 3.57. The molecule has 0 spiro atoms. The van der Waals surface area contributed by atoms with Gasteiger partial charge in [-0.2, -0.15) is 0 Å². The lowest BCUT2D eigenvalue weighted by atomic mass is 10.2. The number of nitrogens with zero attached hydrogens (tertiary/aromatic N) is 1. The van der Waals surface area contributed by atoms with Crippen molar-refractivity contribution in [3.63, 3.8) is 0 Å². The Kier molecular flexibility index (Phi) is 4.67. The van der Waals surface area contributed by atoms with Gasteiger partial charge in [0.25, 0.3) is 0 Å². The third-order valence-electron chi connectivity index (χ3n) is 2.87. The lowest BCUT2D eigenvalue weighted by Gasteiger charge is -2.10. The van der Waals surface area contributed by atoms with E-state index in [1.54, 1.807) is 12.4 Å². The summed E-state index contributed by atoms with van der Waals surface area (Å²) in [6.45, 7) is 0.765. The molecule has 2 aromatic rings. The maximum atomic E-state index is 13.9. The number of rotatable bonds is 5. The predicted octanol–water partition coefficient (Wildman–Crippen LogP) is 1.70. The van der Waals surface area contributed by atoms with Gasteiger partial charge in [-0.25, -0.2) is 26.9 Å². The van der Waals surface area contributed by atoms with Crippen molar-refractivity contribution in [3.05, 3.63) is 45.4 Å². The molecule has 0 unspecified atom stereocenters. The Morgan fingerprint density at radius 1 is 1.38 bits per heavy atom. The average molecular weight is 334 g/mol. The summed E-state index contributed by atoms with van der Waals surface area (Å²) in [5.41, 5.74) is 1.58. The van der Waals surface area contributed by atoms with Gasteiger partial charge < -0.3 is 5.11 Å². The molecular weight excluding hydrogens is 322 g/mol. The van der Waals surface area contributed by atoms with Crippen molar-refractivity contribution in [2.75, 3.05) is 0 Å². The SMILES string of the molecule is Cc1ncsc1CNS(=O)(=O)c1ccc(F)c(CO)c1F. The Morgan fingerprint density at radius 2 is 2.10 bits per heavy atom. The Bertz CT molecular complexity index is 760. The van der Waals surface area contributed by atoms with Crippen molar-refractivity contribution >= 4 is 21.4 Å². The molecule has 1 heterocycles. The maximum Gasteiger partial charge on any atom is 0.243 e. The number of thiazole rings is 1. The van der Waals surface area contributed by atoms with Gasteiger partial charge in [0.1, 0.15) is 10.7 Å². The molecule has 0 amide bonds. The van der Waals surface area contributed by atoms with Crippen LogP contribution in [0.4, 0.5) is 8.78 Å². The zero-order valence-corrected chi connectivity index (χ0v) is 12.6. The normalized spacial score (nSPS) is 11.8. The van der Waals surface area contributed by atoms with Gasteiger partial charge >= 0.3 is 0 Å². The topological polar surface area (TPSA) is 79.3 Å². The maximum absolute atomic E-state index is 13.9. The van der Waals surface area contributed by atoms with Crippen LogP contribution in [0.25, 0.3) is 0 Å². The lowest BCUT2D eigenvalue weighted by molar-refractivity contribution is 0.267. The Morgan fingerprint density at radius 3 is 2.67 bits per heavy atom. The van der Waals surface area contributed by atoms with Gasteiger partial charge in [-0.1, -0.05) is 0 Å². The molecule has 9 heteroatoms. The number of hydrogen-bond acceptors (Lipinski definition) is 5. The van der Waals surface area contributed by atoms with Crippen LogP contribution in [0.1, 0.15) is 16.1 Å². The van der Waals surface area contributed by atoms with Crippen LogP contribution in [0.2, 0.25) is 0 Å². The van der Waals surface area contributed by atoms with Crippen molar-refractivity contribution in [1.82, 2.24) is 9.71 Å². The van der Waals surface area contributed by atoms with Crippen LogP contribution in [0, 0.1) is 18.6 Å². The van der Waals surface area contributed by atoms with Crippen molar-refractivity contribution in [2.24, 2.45) is 0 Å². The van der Waals surface area contributed by atoms with E-state index in [-0.39, 0.29) is 6.54 Å². The van der Waals surface area contributed by atoms with Crippen LogP contribution in [-0.2, 0) is 23.2 Å². The molecule has 0 radical (unpaired) electrons. The first-order chi connectivity index (χ1) is 9.86. The fourth-order valence-electron chi connectivity index (χ4n) is 1.66. The van der Waals surface area contributed by atoms with Gasteiger partial charge in [-0.05, 0) is 19.1 Å². The number of nitrogens with one attached hydrogen (secondary N) is 1. The molecule has 0 atom stereocenters. The van der Waals surface area contributed by atoms with Gasteiger partial charge in [-0.3, -0.25) is 0 Å². The van der Waals surface area contributed by atoms with Crippen LogP contribution in [0.5, 0.6) is 0 Å². The molecule has 114 valence electrons. The van der Waals surface area contributed by atoms with Gasteiger partial charge in [0.15, 0.2) is 5.82 Å². The molecule has 0 bridgehead atoms. The molecule has 0 saturated carbocycles. The smallest absolute Gasteiger partial charge is 0.243 e. The third kappa shape index (κ3) is 3.26. The summed E-state index contributed by atoms with van der Waals surface area (Å²) in [5, 5.41) is 8.90. The van der Waals surface area contributed by atoms with E-state index in [1.165, 1.54) is 11.3 Å². The molecule has 1 aromatic carbocycles. The summed E-state index contributed by atoms with van der Waals surface area (Å²) < 4.78 is 53.6. The van der Waals surface area contributed by atoms with E-state index in [2.05, 4.69) is 9.71 Å². The summed E-state index contributed by atoms with van der Waals surface area (Å²) in [6.07, 6.45) is 0. The number of aromatic nitrogens is 1. The van der Waals surface area contributed by atoms with Crippen LogP contribution in [0.15, 0.2) is 22.5 Å². The highest BCUT2D eigenvalue weighted by Crippen LogP contribution is 2.21.